The van der Waals surface area contributed by atoms with Gasteiger partial charge in [0.15, 0.2) is 0 Å². The zero-order valence-corrected chi connectivity index (χ0v) is 20.5. The zero-order chi connectivity index (χ0) is 14.9. The SMILES string of the molecule is CCCCCCCCC=CCCCCCCCC(=O)[O-].[Cl-].[Na+].[Na+]. The Labute approximate surface area is 194 Å². The Bertz CT molecular complexity index is 249. The van der Waals surface area contributed by atoms with Crippen molar-refractivity contribution in [2.24, 2.45) is 0 Å². The number of rotatable bonds is 15. The minimum atomic E-state index is -0.914. The Morgan fingerprint density at radius 3 is 1.57 bits per heavy atom. The van der Waals surface area contributed by atoms with Crippen molar-refractivity contribution < 1.29 is 81.4 Å². The summed E-state index contributed by atoms with van der Waals surface area (Å²) in [5, 5.41) is 10.2. The average molecular weight is 363 g/mol. The predicted octanol–water partition coefficient (Wildman–Crippen LogP) is -4.21. The predicted molar refractivity (Wildman–Crippen MR) is 84.5 cm³/mol. The molecule has 0 rings (SSSR count). The summed E-state index contributed by atoms with van der Waals surface area (Å²) in [5.41, 5.74) is 0. The van der Waals surface area contributed by atoms with E-state index < -0.39 is 5.97 Å². The van der Waals surface area contributed by atoms with Crippen molar-refractivity contribution in [3.8, 4) is 0 Å². The van der Waals surface area contributed by atoms with E-state index in [4.69, 9.17) is 0 Å². The maximum Gasteiger partial charge on any atom is 1.00 e. The first-order valence-electron chi connectivity index (χ1n) is 8.62. The second-order valence-electron chi connectivity index (χ2n) is 5.71. The van der Waals surface area contributed by atoms with Gasteiger partial charge in [0, 0.05) is 5.97 Å². The number of halogens is 1. The average Bonchev–Trinajstić information content (AvgIpc) is 2.43. The van der Waals surface area contributed by atoms with Crippen molar-refractivity contribution in [3.05, 3.63) is 12.2 Å². The molecule has 0 amide bonds. The molecule has 0 aromatic carbocycles. The summed E-state index contributed by atoms with van der Waals surface area (Å²) in [6, 6.07) is 0. The molecule has 0 radical (unpaired) electrons. The fourth-order valence-corrected chi connectivity index (χ4v) is 2.34. The fourth-order valence-electron chi connectivity index (χ4n) is 2.34. The zero-order valence-electron chi connectivity index (χ0n) is 15.7. The largest absolute Gasteiger partial charge is 1.00 e. The standard InChI is InChI=1S/C18H34O2.ClH.2Na/c1-2-3-4-5-6-7-8-9-10-11-12-13-14-15-16-17-18(19)20;;;/h9-10H,2-8,11-17H2,1H3,(H,19,20);1H;;/q;;2*+1/p-2. The molecule has 0 bridgehead atoms. The van der Waals surface area contributed by atoms with E-state index in [1.54, 1.807) is 0 Å². The van der Waals surface area contributed by atoms with Crippen molar-refractivity contribution in [2.75, 3.05) is 0 Å². The molecule has 0 fully saturated rings. The summed E-state index contributed by atoms with van der Waals surface area (Å²) in [5.74, 6) is -0.914. The molecule has 0 aliphatic carbocycles. The first kappa shape index (κ1) is 32.2. The number of carboxylic acids is 1. The molecule has 0 heterocycles. The Morgan fingerprint density at radius 1 is 0.739 bits per heavy atom. The molecule has 0 aliphatic rings. The van der Waals surface area contributed by atoms with Crippen molar-refractivity contribution >= 4 is 5.97 Å². The minimum Gasteiger partial charge on any atom is -1.00 e. The number of allylic oxidation sites excluding steroid dienone is 2. The molecule has 0 spiro atoms. The first-order chi connectivity index (χ1) is 9.77. The first-order valence-corrected chi connectivity index (χ1v) is 8.62. The minimum absolute atomic E-state index is 0. The Hall–Kier alpha value is 1.50. The van der Waals surface area contributed by atoms with Gasteiger partial charge in [0.25, 0.3) is 0 Å². The number of unbranched alkanes of at least 4 members (excludes halogenated alkanes) is 11. The number of carboxylic acid groups (broad SMARTS) is 1. The second-order valence-corrected chi connectivity index (χ2v) is 5.71. The molecule has 0 aromatic heterocycles. The summed E-state index contributed by atoms with van der Waals surface area (Å²) >= 11 is 0. The summed E-state index contributed by atoms with van der Waals surface area (Å²) < 4.78 is 0. The fraction of sp³-hybridized carbons (Fsp3) is 0.833. The normalized spacial score (nSPS) is 9.78. The van der Waals surface area contributed by atoms with Crippen molar-refractivity contribution in [2.45, 2.75) is 96.8 Å². The van der Waals surface area contributed by atoms with Gasteiger partial charge >= 0.3 is 59.1 Å². The topological polar surface area (TPSA) is 40.1 Å². The summed E-state index contributed by atoms with van der Waals surface area (Å²) in [7, 11) is 0. The van der Waals surface area contributed by atoms with Crippen LogP contribution in [-0.2, 0) is 4.79 Å². The van der Waals surface area contributed by atoms with E-state index in [0.717, 1.165) is 19.3 Å². The van der Waals surface area contributed by atoms with Gasteiger partial charge in [-0.2, -0.15) is 0 Å². The van der Waals surface area contributed by atoms with Gasteiger partial charge in [-0.15, -0.1) is 0 Å². The van der Waals surface area contributed by atoms with E-state index in [1.165, 1.54) is 64.2 Å². The number of hydrogen-bond acceptors (Lipinski definition) is 2. The third-order valence-corrected chi connectivity index (χ3v) is 3.64. The Balaban J connectivity index is -0.000000602. The number of hydrogen-bond donors (Lipinski definition) is 0. The van der Waals surface area contributed by atoms with Crippen LogP contribution in [-0.4, -0.2) is 5.97 Å². The van der Waals surface area contributed by atoms with Crippen LogP contribution in [0.5, 0.6) is 0 Å². The van der Waals surface area contributed by atoms with Crippen molar-refractivity contribution in [1.29, 1.82) is 0 Å². The molecule has 0 atom stereocenters. The Morgan fingerprint density at radius 2 is 1.13 bits per heavy atom. The molecule has 0 aromatic rings. The van der Waals surface area contributed by atoms with E-state index in [0.29, 0.717) is 0 Å². The molecule has 23 heavy (non-hydrogen) atoms. The van der Waals surface area contributed by atoms with Crippen LogP contribution < -0.4 is 76.6 Å². The Kier molecular flexibility index (Phi) is 39.6. The van der Waals surface area contributed by atoms with Gasteiger partial charge in [-0.25, -0.2) is 0 Å². The molecule has 0 saturated carbocycles. The van der Waals surface area contributed by atoms with E-state index in [1.807, 2.05) is 0 Å². The van der Waals surface area contributed by atoms with Crippen molar-refractivity contribution in [1.82, 2.24) is 0 Å². The summed E-state index contributed by atoms with van der Waals surface area (Å²) in [6.07, 6.45) is 20.9. The number of carbonyl (C=O) groups excluding carboxylic acids is 1. The smallest absolute Gasteiger partial charge is 1.00 e. The third-order valence-electron chi connectivity index (χ3n) is 3.64. The van der Waals surface area contributed by atoms with Crippen LogP contribution in [0.2, 0.25) is 0 Å². The third kappa shape index (κ3) is 31.7. The van der Waals surface area contributed by atoms with Crippen LogP contribution in [0.3, 0.4) is 0 Å². The van der Waals surface area contributed by atoms with Crippen LogP contribution in [0.25, 0.3) is 0 Å². The molecule has 0 saturated heterocycles. The van der Waals surface area contributed by atoms with E-state index >= 15 is 0 Å². The van der Waals surface area contributed by atoms with Crippen LogP contribution in [0.4, 0.5) is 0 Å². The molecular formula is C18H33ClNa2O2. The van der Waals surface area contributed by atoms with Gasteiger partial charge in [0.1, 0.15) is 0 Å². The number of carbonyl (C=O) groups is 1. The quantitative estimate of drug-likeness (QED) is 0.168. The maximum atomic E-state index is 10.2. The van der Waals surface area contributed by atoms with Crippen LogP contribution >= 0.6 is 0 Å². The van der Waals surface area contributed by atoms with Crippen LogP contribution in [0.15, 0.2) is 12.2 Å². The monoisotopic (exact) mass is 362 g/mol. The summed E-state index contributed by atoms with van der Waals surface area (Å²) in [6.45, 7) is 2.26. The van der Waals surface area contributed by atoms with Crippen LogP contribution in [0.1, 0.15) is 96.8 Å². The van der Waals surface area contributed by atoms with E-state index in [2.05, 4.69) is 19.1 Å². The van der Waals surface area contributed by atoms with Gasteiger partial charge in [0.05, 0.1) is 0 Å². The van der Waals surface area contributed by atoms with Gasteiger partial charge in [-0.05, 0) is 38.5 Å². The molecule has 2 nitrogen and oxygen atoms in total. The molecule has 0 aliphatic heterocycles. The molecule has 5 heteroatoms. The molecular weight excluding hydrogens is 330 g/mol. The van der Waals surface area contributed by atoms with Gasteiger partial charge in [-0.3, -0.25) is 0 Å². The van der Waals surface area contributed by atoms with Gasteiger partial charge in [-0.1, -0.05) is 70.4 Å². The molecule has 0 unspecified atom stereocenters. The van der Waals surface area contributed by atoms with Crippen molar-refractivity contribution in [3.63, 3.8) is 0 Å². The molecule has 0 N–H and O–H groups in total. The van der Waals surface area contributed by atoms with Crippen LogP contribution in [0, 0.1) is 0 Å². The van der Waals surface area contributed by atoms with E-state index in [-0.39, 0.29) is 77.9 Å². The second kappa shape index (κ2) is 28.3. The maximum absolute atomic E-state index is 10.2. The number of aliphatic carboxylic acids is 1. The van der Waals surface area contributed by atoms with Gasteiger partial charge in [0.2, 0.25) is 0 Å². The van der Waals surface area contributed by atoms with E-state index in [9.17, 15) is 9.90 Å². The van der Waals surface area contributed by atoms with Gasteiger partial charge < -0.3 is 22.3 Å². The molecule has 126 valence electrons. The summed E-state index contributed by atoms with van der Waals surface area (Å²) in [4.78, 5) is 10.2.